The third-order valence-electron chi connectivity index (χ3n) is 22.5. The lowest BCUT2D eigenvalue weighted by Crippen LogP contribution is -2.32. The zero-order valence-electron chi connectivity index (χ0n) is 79.9. The Hall–Kier alpha value is -10.7. The maximum Gasteiger partial charge on any atom is 0.227 e. The molecule has 12 heteroatoms. The number of aromatic nitrogens is 8. The molecule has 117 heavy (non-hydrogen) atoms. The van der Waals surface area contributed by atoms with Crippen molar-refractivity contribution in [3.8, 4) is 45.0 Å². The van der Waals surface area contributed by atoms with Gasteiger partial charge in [-0.3, -0.25) is 0 Å². The number of benzene rings is 4. The van der Waals surface area contributed by atoms with Crippen LogP contribution in [0.4, 0.5) is 0 Å². The molecule has 0 amide bonds. The van der Waals surface area contributed by atoms with Gasteiger partial charge in [0.15, 0.2) is 47.1 Å². The van der Waals surface area contributed by atoms with Crippen molar-refractivity contribution in [1.82, 2.24) is 19.9 Å². The number of furan rings is 4. The molecule has 0 saturated carbocycles. The molecule has 0 bridgehead atoms. The predicted octanol–water partition coefficient (Wildman–Crippen LogP) is 25.5. The van der Waals surface area contributed by atoms with E-state index in [1.54, 1.807) is 38.5 Å². The molecule has 0 aliphatic carbocycles. The molecular weight excluding hydrogens is 1440 g/mol. The molecule has 12 aromatic heterocycles. The van der Waals surface area contributed by atoms with E-state index >= 15 is 0 Å². The van der Waals surface area contributed by atoms with Gasteiger partial charge in [0.05, 0.1) is 22.3 Å². The van der Waals surface area contributed by atoms with Crippen molar-refractivity contribution in [3.63, 3.8) is 0 Å². The first-order valence-corrected chi connectivity index (χ1v) is 41.9. The zero-order valence-corrected chi connectivity index (χ0v) is 74.9. The summed E-state index contributed by atoms with van der Waals surface area (Å²) in [6.07, 6.45) is 12.3. The monoisotopic (exact) mass is 1570 g/mol. The van der Waals surface area contributed by atoms with Gasteiger partial charge in [0.1, 0.15) is 28.2 Å². The molecule has 0 unspecified atom stereocenters. The number of pyridine rings is 8. The average molecular weight is 1570 g/mol. The number of hydrogen-bond acceptors (Lipinski definition) is 8. The molecule has 12 heterocycles. The van der Waals surface area contributed by atoms with Crippen LogP contribution < -0.4 is 18.3 Å². The van der Waals surface area contributed by atoms with Gasteiger partial charge in [-0.05, 0) is 221 Å². The van der Waals surface area contributed by atoms with Gasteiger partial charge in [-0.15, -0.1) is 0 Å². The van der Waals surface area contributed by atoms with Gasteiger partial charge in [0.25, 0.3) is 0 Å². The summed E-state index contributed by atoms with van der Waals surface area (Å²) >= 11 is 0. The van der Waals surface area contributed by atoms with Crippen LogP contribution in [-0.4, -0.2) is 19.9 Å². The van der Waals surface area contributed by atoms with E-state index in [-0.39, 0.29) is 27.4 Å². The lowest BCUT2D eigenvalue weighted by Gasteiger charge is -2.19. The van der Waals surface area contributed by atoms with Crippen LogP contribution in [-0.2, 0) is 73.1 Å². The van der Waals surface area contributed by atoms with Crippen LogP contribution in [0.25, 0.3) is 133 Å². The van der Waals surface area contributed by atoms with Gasteiger partial charge in [0.2, 0.25) is 45.6 Å². The van der Waals surface area contributed by atoms with Crippen molar-refractivity contribution >= 4 is 88.3 Å². The predicted molar refractivity (Wildman–Crippen MR) is 485 cm³/mol. The second-order valence-corrected chi connectivity index (χ2v) is 37.8. The van der Waals surface area contributed by atoms with Crippen molar-refractivity contribution in [1.29, 1.82) is 0 Å². The summed E-state index contributed by atoms with van der Waals surface area (Å²) in [4.78, 5) is 18.9. The van der Waals surface area contributed by atoms with E-state index in [4.69, 9.17) is 39.5 Å². The zero-order chi connectivity index (χ0) is 88.9. The lowest BCUT2D eigenvalue weighted by atomic mass is 9.86. The Kier molecular flexibility index (Phi) is 21.6. The van der Waals surface area contributed by atoms with E-state index in [2.05, 4.69) is 281 Å². The highest BCUT2D eigenvalue weighted by Gasteiger charge is 2.31. The van der Waals surface area contributed by atoms with Gasteiger partial charge in [-0.2, -0.15) is 0 Å². The second kappa shape index (κ2) is 32.6. The molecular formula is C105H126N8O4+4. The minimum Gasteiger partial charge on any atom is -0.437 e. The molecule has 0 aliphatic rings. The Morgan fingerprint density at radius 3 is 0.872 bits per heavy atom. The smallest absolute Gasteiger partial charge is 0.227 e. The third kappa shape index (κ3) is 17.8. The first kappa shape index (κ1) is 77.5. The van der Waals surface area contributed by atoms with E-state index in [0.29, 0.717) is 22.9 Å². The van der Waals surface area contributed by atoms with Crippen LogP contribution in [0, 0.1) is 77.0 Å². The van der Waals surface area contributed by atoms with Crippen molar-refractivity contribution in [2.75, 3.05) is 0 Å². The maximum absolute atomic E-state index is 8.89. The van der Waals surface area contributed by atoms with Crippen molar-refractivity contribution in [2.45, 2.75) is 224 Å². The summed E-state index contributed by atoms with van der Waals surface area (Å²) in [6.45, 7) is 49.2. The Morgan fingerprint density at radius 2 is 0.598 bits per heavy atom. The van der Waals surface area contributed by atoms with Crippen LogP contribution in [0.15, 0.2) is 164 Å². The highest BCUT2D eigenvalue weighted by molar-refractivity contribution is 6.12. The van der Waals surface area contributed by atoms with Crippen molar-refractivity contribution in [3.05, 3.63) is 236 Å². The first-order valence-electron chi connectivity index (χ1n) is 44.4. The molecule has 16 aromatic rings. The molecule has 0 aliphatic heterocycles. The average Bonchev–Trinajstić information content (AvgIpc) is 1.67. The summed E-state index contributed by atoms with van der Waals surface area (Å²) in [5.74, 6) is 0.375. The van der Waals surface area contributed by atoms with Crippen molar-refractivity contribution in [2.24, 2.45) is 49.9 Å². The van der Waals surface area contributed by atoms with Crippen LogP contribution in [0.2, 0.25) is 0 Å². The van der Waals surface area contributed by atoms with Crippen LogP contribution in [0.5, 0.6) is 0 Å². The molecule has 0 N–H and O–H groups in total. The number of aryl methyl sites for hydroxylation is 15. The normalized spacial score (nSPS) is 13.2. The Balaban J connectivity index is 0.000000140. The minimum atomic E-state index is -2.45. The third-order valence-corrected chi connectivity index (χ3v) is 22.5. The Morgan fingerprint density at radius 1 is 0.325 bits per heavy atom. The minimum absolute atomic E-state index is 0.0161. The quantitative estimate of drug-likeness (QED) is 0.111. The van der Waals surface area contributed by atoms with Crippen LogP contribution >= 0.6 is 0 Å². The van der Waals surface area contributed by atoms with Gasteiger partial charge >= 0.3 is 0 Å². The summed E-state index contributed by atoms with van der Waals surface area (Å²) < 4.78 is 75.9. The molecule has 4 aromatic carbocycles. The Bertz CT molecular complexity index is 6550. The highest BCUT2D eigenvalue weighted by atomic mass is 16.4. The van der Waals surface area contributed by atoms with Gasteiger partial charge < -0.3 is 17.7 Å². The highest BCUT2D eigenvalue weighted by Crippen LogP contribution is 2.43. The fraction of sp³-hybridized carbons (Fsp3) is 0.390. The fourth-order valence-corrected chi connectivity index (χ4v) is 16.4. The fourth-order valence-electron chi connectivity index (χ4n) is 16.4. The van der Waals surface area contributed by atoms with E-state index in [1.807, 2.05) is 38.1 Å². The standard InChI is InChI=1S/C27H33N2O.3C26H31N2O/c1-16(2)22-12-11-21-20-10-9-17(3)24(25(20)30-26(21)28-22)23-13-18(4)19(15-29(23)8)14-27(5,6)7;1-8-19-10-12-21-20-11-9-16(2)23(24(20)29-25(21)27-19)22-13-18(14-26(4,5)6)17(3)15-28(22)7;2*1-8-19-10-12-21-20-11-9-16(2)23(24(20)29-25(21)27-19)22-13-17(3)18(15-28(22)7)14-26(4,5)6/h9-13,15-16H,14H2,1-8H3;3*9-13,15H,8,14H2,1-7H3/q4*+1/i;3D3,14D2;;. The molecule has 606 valence electrons. The summed E-state index contributed by atoms with van der Waals surface area (Å²) in [5, 5.41) is 8.49. The molecule has 0 fully saturated rings. The molecule has 0 radical (unpaired) electrons. The number of rotatable bonds is 12. The van der Waals surface area contributed by atoms with Gasteiger partial charge in [-0.25, -0.2) is 38.2 Å². The van der Waals surface area contributed by atoms with Crippen LogP contribution in [0.3, 0.4) is 0 Å². The number of hydrogen-bond donors (Lipinski definition) is 0. The Labute approximate surface area is 701 Å². The van der Waals surface area contributed by atoms with Crippen LogP contribution in [0.1, 0.15) is 220 Å². The van der Waals surface area contributed by atoms with E-state index in [0.717, 1.165) is 166 Å². The SMILES string of the molecule is CCc1ccc2c(n1)oc1c(-c3cc(C)c(CC(C)(C)C)c[n+]3C)c(C)ccc12.CCc1ccc2c(n1)oc1c(-c3cc(C)c(CC(C)(C)C)c[n+]3C)c(C)ccc12.Cc1cc(-c2c(C)ccc3c2oc2nc(C(C)C)ccc23)[n+](C)cc1CC(C)(C)C.[2H]C([2H])([2H])c1c[n+](C)c(-c2c(C)ccc3c2oc2nc(CC)ccc23)cc1C([2H])([2H])C(C)(C)C. The van der Waals surface area contributed by atoms with Gasteiger partial charge in [0, 0.05) is 119 Å². The molecule has 0 atom stereocenters. The number of nitrogens with zero attached hydrogens (tertiary/aromatic N) is 8. The number of fused-ring (bicyclic) bond motifs is 12. The molecule has 12 nitrogen and oxygen atoms in total. The summed E-state index contributed by atoms with van der Waals surface area (Å²) in [7, 11) is 8.19. The summed E-state index contributed by atoms with van der Waals surface area (Å²) in [5.41, 5.74) is 31.7. The maximum atomic E-state index is 8.89. The first-order chi connectivity index (χ1) is 57.1. The second-order valence-electron chi connectivity index (χ2n) is 37.8. The molecule has 16 rings (SSSR count). The van der Waals surface area contributed by atoms with Gasteiger partial charge in [-0.1, -0.05) is 166 Å². The van der Waals surface area contributed by atoms with Crippen molar-refractivity contribution < 1.29 is 42.8 Å². The van der Waals surface area contributed by atoms with E-state index in [1.165, 1.54) is 73.3 Å². The lowest BCUT2D eigenvalue weighted by molar-refractivity contribution is -0.661. The van der Waals surface area contributed by atoms with E-state index < -0.39 is 18.6 Å². The largest absolute Gasteiger partial charge is 0.437 e. The molecule has 0 spiro atoms. The topological polar surface area (TPSA) is 120 Å². The molecule has 0 saturated heterocycles. The van der Waals surface area contributed by atoms with E-state index in [9.17, 15) is 0 Å². The summed E-state index contributed by atoms with van der Waals surface area (Å²) in [6, 6.07) is 42.5.